The van der Waals surface area contributed by atoms with E-state index < -0.39 is 30.3 Å². The van der Waals surface area contributed by atoms with Crippen LogP contribution in [-0.2, 0) is 15.8 Å². The summed E-state index contributed by atoms with van der Waals surface area (Å²) < 4.78 is 37.2. The second kappa shape index (κ2) is 6.05. The van der Waals surface area contributed by atoms with Gasteiger partial charge < -0.3 is 11.1 Å². The molecule has 0 saturated carbocycles. The molecule has 104 valence electrons. The maximum atomic E-state index is 12.4. The number of primary amides is 1. The largest absolute Gasteiger partial charge is 0.416 e. The fraction of sp³-hybridized carbons (Fsp3) is 0.200. The van der Waals surface area contributed by atoms with Crippen molar-refractivity contribution in [1.82, 2.24) is 5.48 Å². The first-order valence-electron chi connectivity index (χ1n) is 4.93. The van der Waals surface area contributed by atoms with E-state index in [1.54, 1.807) is 5.48 Å². The lowest BCUT2D eigenvalue weighted by molar-refractivity contribution is -0.137. The highest BCUT2D eigenvalue weighted by Gasteiger charge is 2.30. The Labute approximate surface area is 105 Å². The number of rotatable bonds is 4. The highest BCUT2D eigenvalue weighted by Crippen LogP contribution is 2.30. The van der Waals surface area contributed by atoms with Gasteiger partial charge in [0.2, 0.25) is 5.91 Å². The molecule has 1 rings (SSSR count). The predicted molar refractivity (Wildman–Crippen MR) is 58.7 cm³/mol. The molecule has 4 N–H and O–H groups in total. The third-order valence-electron chi connectivity index (χ3n) is 1.83. The molecule has 0 aliphatic rings. The molecule has 0 fully saturated rings. The van der Waals surface area contributed by atoms with E-state index in [0.29, 0.717) is 0 Å². The number of anilines is 1. The number of nitrogens with two attached hydrogens (primary N) is 1. The van der Waals surface area contributed by atoms with Gasteiger partial charge in [-0.3, -0.25) is 9.63 Å². The number of nitrogens with one attached hydrogen (secondary N) is 2. The van der Waals surface area contributed by atoms with Crippen LogP contribution in [-0.4, -0.2) is 18.5 Å². The second-order valence-corrected chi connectivity index (χ2v) is 3.39. The van der Waals surface area contributed by atoms with Crippen molar-refractivity contribution in [3.63, 3.8) is 0 Å². The number of hydrogen-bond donors (Lipinski definition) is 3. The number of amides is 3. The van der Waals surface area contributed by atoms with E-state index in [-0.39, 0.29) is 5.69 Å². The minimum absolute atomic E-state index is 0.0741. The van der Waals surface area contributed by atoms with E-state index in [0.717, 1.165) is 18.2 Å². The lowest BCUT2D eigenvalue weighted by Crippen LogP contribution is -2.32. The zero-order valence-corrected chi connectivity index (χ0v) is 9.45. The molecule has 19 heavy (non-hydrogen) atoms. The van der Waals surface area contributed by atoms with Crippen molar-refractivity contribution in [2.75, 3.05) is 11.9 Å². The average Bonchev–Trinajstić information content (AvgIpc) is 2.27. The fourth-order valence-electron chi connectivity index (χ4n) is 1.10. The summed E-state index contributed by atoms with van der Waals surface area (Å²) in [6, 6.07) is 3.10. The Balaban J connectivity index is 2.57. The van der Waals surface area contributed by atoms with Crippen molar-refractivity contribution in [2.45, 2.75) is 6.18 Å². The average molecular weight is 277 g/mol. The zero-order chi connectivity index (χ0) is 14.5. The molecule has 9 heteroatoms. The van der Waals surface area contributed by atoms with Crippen LogP contribution in [0, 0.1) is 0 Å². The van der Waals surface area contributed by atoms with Gasteiger partial charge in [-0.2, -0.15) is 13.2 Å². The smallest absolute Gasteiger partial charge is 0.368 e. The van der Waals surface area contributed by atoms with E-state index in [1.165, 1.54) is 6.07 Å². The summed E-state index contributed by atoms with van der Waals surface area (Å²) >= 11 is 0. The van der Waals surface area contributed by atoms with Gasteiger partial charge >= 0.3 is 12.2 Å². The fourth-order valence-corrected chi connectivity index (χ4v) is 1.10. The van der Waals surface area contributed by atoms with Gasteiger partial charge in [-0.1, -0.05) is 6.07 Å². The van der Waals surface area contributed by atoms with Crippen LogP contribution in [0.15, 0.2) is 24.3 Å². The molecule has 0 unspecified atom stereocenters. The van der Waals surface area contributed by atoms with Crippen molar-refractivity contribution in [2.24, 2.45) is 5.73 Å². The van der Waals surface area contributed by atoms with Crippen molar-refractivity contribution in [1.29, 1.82) is 0 Å². The number of hydroxylamine groups is 1. The Morgan fingerprint density at radius 3 is 2.58 bits per heavy atom. The normalized spacial score (nSPS) is 10.9. The quantitative estimate of drug-likeness (QED) is 0.723. The number of benzene rings is 1. The van der Waals surface area contributed by atoms with Crippen LogP contribution in [0.4, 0.5) is 23.7 Å². The molecule has 1 aromatic rings. The molecule has 0 aliphatic heterocycles. The van der Waals surface area contributed by atoms with Gasteiger partial charge in [0.1, 0.15) is 0 Å². The van der Waals surface area contributed by atoms with Gasteiger partial charge in [0.05, 0.1) is 5.56 Å². The van der Waals surface area contributed by atoms with Gasteiger partial charge in [0.25, 0.3) is 0 Å². The first-order valence-corrected chi connectivity index (χ1v) is 4.93. The summed E-state index contributed by atoms with van der Waals surface area (Å²) in [6.07, 6.45) is -4.50. The molecular weight excluding hydrogens is 267 g/mol. The van der Waals surface area contributed by atoms with Crippen LogP contribution in [0.5, 0.6) is 0 Å². The Morgan fingerprint density at radius 2 is 2.00 bits per heavy atom. The summed E-state index contributed by atoms with van der Waals surface area (Å²) in [5.41, 5.74) is 5.55. The van der Waals surface area contributed by atoms with Crippen molar-refractivity contribution < 1.29 is 27.6 Å². The second-order valence-electron chi connectivity index (χ2n) is 3.39. The number of alkyl halides is 3. The van der Waals surface area contributed by atoms with Gasteiger partial charge in [-0.15, -0.1) is 0 Å². The molecule has 3 amide bonds. The topological polar surface area (TPSA) is 93.5 Å². The lowest BCUT2D eigenvalue weighted by Gasteiger charge is -2.10. The third-order valence-corrected chi connectivity index (χ3v) is 1.83. The lowest BCUT2D eigenvalue weighted by atomic mass is 10.2. The molecule has 0 heterocycles. The Morgan fingerprint density at radius 1 is 1.32 bits per heavy atom. The van der Waals surface area contributed by atoms with Crippen LogP contribution in [0.25, 0.3) is 0 Å². The monoisotopic (exact) mass is 277 g/mol. The molecule has 6 nitrogen and oxygen atoms in total. The molecule has 0 atom stereocenters. The van der Waals surface area contributed by atoms with E-state index in [4.69, 9.17) is 5.73 Å². The van der Waals surface area contributed by atoms with Crippen LogP contribution >= 0.6 is 0 Å². The molecular formula is C10H10F3N3O3. The highest BCUT2D eigenvalue weighted by atomic mass is 19.4. The molecule has 0 aliphatic carbocycles. The van der Waals surface area contributed by atoms with Crippen LogP contribution in [0.1, 0.15) is 5.56 Å². The number of carbonyl (C=O) groups excluding carboxylic acids is 2. The first kappa shape index (κ1) is 14.8. The standard InChI is InChI=1S/C10H10F3N3O3/c11-10(12,13)6-2-1-3-7(4-6)15-9(18)16-19-5-8(14)17/h1-4H,5H2,(H2,14,17)(H2,15,16,18). The van der Waals surface area contributed by atoms with Crippen LogP contribution < -0.4 is 16.5 Å². The minimum Gasteiger partial charge on any atom is -0.368 e. The van der Waals surface area contributed by atoms with E-state index in [9.17, 15) is 22.8 Å². The summed E-state index contributed by atoms with van der Waals surface area (Å²) in [5, 5.41) is 2.10. The van der Waals surface area contributed by atoms with Crippen LogP contribution in [0.3, 0.4) is 0 Å². The first-order chi connectivity index (χ1) is 8.79. The summed E-state index contributed by atoms with van der Waals surface area (Å²) in [6.45, 7) is -0.546. The SMILES string of the molecule is NC(=O)CONC(=O)Nc1cccc(C(F)(F)F)c1. The zero-order valence-electron chi connectivity index (χ0n) is 9.45. The summed E-state index contributed by atoms with van der Waals surface area (Å²) in [4.78, 5) is 25.8. The maximum absolute atomic E-state index is 12.4. The van der Waals surface area contributed by atoms with Crippen molar-refractivity contribution >= 4 is 17.6 Å². The Hall–Kier alpha value is -2.29. The van der Waals surface area contributed by atoms with E-state index >= 15 is 0 Å². The molecule has 1 aromatic carbocycles. The third kappa shape index (κ3) is 5.25. The molecule has 0 spiro atoms. The maximum Gasteiger partial charge on any atom is 0.416 e. The van der Waals surface area contributed by atoms with Gasteiger partial charge in [0.15, 0.2) is 6.61 Å². The number of carbonyl (C=O) groups is 2. The van der Waals surface area contributed by atoms with Gasteiger partial charge in [-0.05, 0) is 18.2 Å². The van der Waals surface area contributed by atoms with Crippen LogP contribution in [0.2, 0.25) is 0 Å². The minimum atomic E-state index is -4.50. The number of hydrogen-bond acceptors (Lipinski definition) is 3. The predicted octanol–water partition coefficient (Wildman–Crippen LogP) is 1.24. The Kier molecular flexibility index (Phi) is 4.70. The molecule has 0 radical (unpaired) electrons. The van der Waals surface area contributed by atoms with Crippen molar-refractivity contribution in [3.05, 3.63) is 29.8 Å². The van der Waals surface area contributed by atoms with E-state index in [1.807, 2.05) is 0 Å². The van der Waals surface area contributed by atoms with Gasteiger partial charge in [-0.25, -0.2) is 10.3 Å². The summed E-state index contributed by atoms with van der Waals surface area (Å²) in [5.74, 6) is -0.806. The molecule has 0 bridgehead atoms. The van der Waals surface area contributed by atoms with Gasteiger partial charge in [0, 0.05) is 5.69 Å². The highest BCUT2D eigenvalue weighted by molar-refractivity contribution is 5.88. The van der Waals surface area contributed by atoms with E-state index in [2.05, 4.69) is 10.2 Å². The molecule has 0 aromatic heterocycles. The van der Waals surface area contributed by atoms with Crippen molar-refractivity contribution in [3.8, 4) is 0 Å². The number of halogens is 3. The molecule has 0 saturated heterocycles. The summed E-state index contributed by atoms with van der Waals surface area (Å²) in [7, 11) is 0. The Bertz CT molecular complexity index is 477. The number of urea groups is 1.